The number of aromatic nitrogens is 1. The Labute approximate surface area is 117 Å². The average Bonchev–Trinajstić information content (AvgIpc) is 3.07. The van der Waals surface area contributed by atoms with Crippen LogP contribution >= 0.6 is 0 Å². The Bertz CT molecular complexity index is 608. The maximum atomic E-state index is 12.3. The summed E-state index contributed by atoms with van der Waals surface area (Å²) < 4.78 is 5.41. The van der Waals surface area contributed by atoms with Crippen LogP contribution in [0, 0.1) is 5.92 Å². The van der Waals surface area contributed by atoms with E-state index in [0.29, 0.717) is 13.2 Å². The molecule has 0 aliphatic carbocycles. The van der Waals surface area contributed by atoms with Gasteiger partial charge in [-0.1, -0.05) is 6.92 Å². The minimum absolute atomic E-state index is 0.0170. The van der Waals surface area contributed by atoms with Crippen LogP contribution in [0.2, 0.25) is 0 Å². The number of anilines is 1. The maximum absolute atomic E-state index is 12.3. The molecule has 2 unspecified atom stereocenters. The fourth-order valence-electron chi connectivity index (χ4n) is 2.64. The van der Waals surface area contributed by atoms with E-state index < -0.39 is 0 Å². The van der Waals surface area contributed by atoms with Crippen LogP contribution in [0.1, 0.15) is 6.92 Å². The Kier molecular flexibility index (Phi) is 3.71. The Balaban J connectivity index is 1.71. The van der Waals surface area contributed by atoms with Crippen molar-refractivity contribution < 1.29 is 9.53 Å². The quantitative estimate of drug-likeness (QED) is 0.795. The van der Waals surface area contributed by atoms with Crippen molar-refractivity contribution in [3.63, 3.8) is 0 Å². The number of hydrogen-bond acceptors (Lipinski definition) is 3. The highest BCUT2D eigenvalue weighted by Crippen LogP contribution is 2.20. The van der Waals surface area contributed by atoms with Crippen molar-refractivity contribution in [3.05, 3.63) is 30.5 Å². The van der Waals surface area contributed by atoms with Crippen molar-refractivity contribution >= 4 is 22.5 Å². The molecule has 2 aromatic rings. The lowest BCUT2D eigenvalue weighted by molar-refractivity contribution is -0.120. The number of H-pyrrole nitrogens is 1. The van der Waals surface area contributed by atoms with Gasteiger partial charge in [0, 0.05) is 28.8 Å². The predicted octanol–water partition coefficient (Wildman–Crippen LogP) is 1.73. The molecule has 5 heteroatoms. The second kappa shape index (κ2) is 5.64. The molecule has 2 heterocycles. The fraction of sp³-hybridized carbons (Fsp3) is 0.400. The molecule has 1 aromatic heterocycles. The van der Waals surface area contributed by atoms with E-state index in [1.165, 1.54) is 0 Å². The lowest BCUT2D eigenvalue weighted by Gasteiger charge is -2.17. The van der Waals surface area contributed by atoms with E-state index in [0.717, 1.165) is 23.1 Å². The third-order valence-electron chi connectivity index (χ3n) is 3.70. The third-order valence-corrected chi connectivity index (χ3v) is 3.70. The van der Waals surface area contributed by atoms with Crippen LogP contribution < -0.4 is 10.6 Å². The number of rotatable bonds is 4. The summed E-state index contributed by atoms with van der Waals surface area (Å²) in [5, 5.41) is 7.37. The minimum Gasteiger partial charge on any atom is -0.379 e. The molecule has 0 spiro atoms. The number of likely N-dealkylation sites (N-methyl/N-ethyl adjacent to an activating group) is 1. The first-order chi connectivity index (χ1) is 9.78. The van der Waals surface area contributed by atoms with Crippen molar-refractivity contribution in [3.8, 4) is 0 Å². The van der Waals surface area contributed by atoms with Crippen LogP contribution in [-0.4, -0.2) is 36.7 Å². The number of carbonyl (C=O) groups excluding carboxylic acids is 1. The van der Waals surface area contributed by atoms with Gasteiger partial charge >= 0.3 is 0 Å². The number of fused-ring (bicyclic) bond motifs is 1. The van der Waals surface area contributed by atoms with E-state index in [1.54, 1.807) is 0 Å². The van der Waals surface area contributed by atoms with E-state index in [1.807, 2.05) is 37.4 Å². The molecule has 2 atom stereocenters. The summed E-state index contributed by atoms with van der Waals surface area (Å²) in [6.45, 7) is 3.96. The van der Waals surface area contributed by atoms with Gasteiger partial charge in [0.25, 0.3) is 0 Å². The molecule has 0 radical (unpaired) electrons. The molecule has 1 aromatic carbocycles. The lowest BCUT2D eigenvalue weighted by atomic mass is 10.0. The SMILES string of the molecule is CCNC1COCC1C(=O)Nc1ccc2[nH]ccc2c1. The molecule has 106 valence electrons. The van der Waals surface area contributed by atoms with Crippen LogP contribution in [0.3, 0.4) is 0 Å². The summed E-state index contributed by atoms with van der Waals surface area (Å²) in [4.78, 5) is 15.5. The second-order valence-electron chi connectivity index (χ2n) is 5.08. The molecule has 20 heavy (non-hydrogen) atoms. The number of ether oxygens (including phenoxy) is 1. The van der Waals surface area contributed by atoms with Crippen LogP contribution in [0.25, 0.3) is 10.9 Å². The summed E-state index contributed by atoms with van der Waals surface area (Å²) in [5.41, 5.74) is 1.89. The van der Waals surface area contributed by atoms with Crippen LogP contribution in [0.5, 0.6) is 0 Å². The molecule has 0 saturated carbocycles. The monoisotopic (exact) mass is 273 g/mol. The smallest absolute Gasteiger partial charge is 0.231 e. The van der Waals surface area contributed by atoms with Crippen molar-refractivity contribution in [2.24, 2.45) is 5.92 Å². The molecule has 3 N–H and O–H groups in total. The molecule has 1 fully saturated rings. The first kappa shape index (κ1) is 13.1. The van der Waals surface area contributed by atoms with Crippen LogP contribution in [0.15, 0.2) is 30.5 Å². The molecule has 0 bridgehead atoms. The Morgan fingerprint density at radius 1 is 1.40 bits per heavy atom. The van der Waals surface area contributed by atoms with E-state index in [4.69, 9.17) is 4.74 Å². The normalized spacial score (nSPS) is 22.2. The Morgan fingerprint density at radius 3 is 3.15 bits per heavy atom. The fourth-order valence-corrected chi connectivity index (χ4v) is 2.64. The number of amides is 1. The van der Waals surface area contributed by atoms with Gasteiger partial charge in [-0.25, -0.2) is 0 Å². The molecule has 1 amide bonds. The third kappa shape index (κ3) is 2.55. The summed E-state index contributed by atoms with van der Waals surface area (Å²) in [6, 6.07) is 7.95. The second-order valence-corrected chi connectivity index (χ2v) is 5.08. The van der Waals surface area contributed by atoms with Crippen molar-refractivity contribution in [1.29, 1.82) is 0 Å². The molecular formula is C15H19N3O2. The summed E-state index contributed by atoms with van der Waals surface area (Å²) in [6.07, 6.45) is 1.89. The zero-order valence-corrected chi connectivity index (χ0v) is 11.5. The highest BCUT2D eigenvalue weighted by molar-refractivity contribution is 5.95. The molecule has 1 saturated heterocycles. The van der Waals surface area contributed by atoms with Crippen molar-refractivity contribution in [2.45, 2.75) is 13.0 Å². The van der Waals surface area contributed by atoms with E-state index in [2.05, 4.69) is 15.6 Å². The highest BCUT2D eigenvalue weighted by Gasteiger charge is 2.33. The van der Waals surface area contributed by atoms with Crippen molar-refractivity contribution in [2.75, 3.05) is 25.1 Å². The van der Waals surface area contributed by atoms with E-state index in [-0.39, 0.29) is 17.9 Å². The van der Waals surface area contributed by atoms with Gasteiger partial charge in [-0.3, -0.25) is 4.79 Å². The molecule has 3 rings (SSSR count). The Hall–Kier alpha value is -1.85. The van der Waals surface area contributed by atoms with Gasteiger partial charge in [0.15, 0.2) is 0 Å². The number of aromatic amines is 1. The summed E-state index contributed by atoms with van der Waals surface area (Å²) in [5.74, 6) is -0.111. The van der Waals surface area contributed by atoms with Gasteiger partial charge in [-0.15, -0.1) is 0 Å². The number of benzene rings is 1. The van der Waals surface area contributed by atoms with Crippen molar-refractivity contribution in [1.82, 2.24) is 10.3 Å². The standard InChI is InChI=1S/C15H19N3O2/c1-2-16-14-9-20-8-12(14)15(19)18-11-3-4-13-10(7-11)5-6-17-13/h3-7,12,14,16-17H,2,8-9H2,1H3,(H,18,19). The number of nitrogens with one attached hydrogen (secondary N) is 3. The van der Waals surface area contributed by atoms with Gasteiger partial charge in [0.1, 0.15) is 0 Å². The largest absolute Gasteiger partial charge is 0.379 e. The van der Waals surface area contributed by atoms with Gasteiger partial charge in [-0.05, 0) is 30.8 Å². The van der Waals surface area contributed by atoms with E-state index >= 15 is 0 Å². The van der Waals surface area contributed by atoms with Crippen LogP contribution in [0.4, 0.5) is 5.69 Å². The maximum Gasteiger partial charge on any atom is 0.231 e. The highest BCUT2D eigenvalue weighted by atomic mass is 16.5. The summed E-state index contributed by atoms with van der Waals surface area (Å²) >= 11 is 0. The zero-order valence-electron chi connectivity index (χ0n) is 11.5. The number of hydrogen-bond donors (Lipinski definition) is 3. The molecule has 1 aliphatic heterocycles. The average molecular weight is 273 g/mol. The van der Waals surface area contributed by atoms with E-state index in [9.17, 15) is 4.79 Å². The van der Waals surface area contributed by atoms with Gasteiger partial charge in [0.05, 0.1) is 19.1 Å². The first-order valence-electron chi connectivity index (χ1n) is 6.97. The van der Waals surface area contributed by atoms with Gasteiger partial charge in [-0.2, -0.15) is 0 Å². The predicted molar refractivity (Wildman–Crippen MR) is 78.7 cm³/mol. The molecule has 1 aliphatic rings. The minimum atomic E-state index is -0.128. The van der Waals surface area contributed by atoms with Gasteiger partial charge in [0.2, 0.25) is 5.91 Å². The van der Waals surface area contributed by atoms with Crippen LogP contribution in [-0.2, 0) is 9.53 Å². The molecular weight excluding hydrogens is 254 g/mol. The molecule has 5 nitrogen and oxygen atoms in total. The summed E-state index contributed by atoms with van der Waals surface area (Å²) in [7, 11) is 0. The Morgan fingerprint density at radius 2 is 2.30 bits per heavy atom. The zero-order chi connectivity index (χ0) is 13.9. The lowest BCUT2D eigenvalue weighted by Crippen LogP contribution is -2.41. The number of carbonyl (C=O) groups is 1. The van der Waals surface area contributed by atoms with Gasteiger partial charge < -0.3 is 20.4 Å². The topological polar surface area (TPSA) is 66.2 Å². The first-order valence-corrected chi connectivity index (χ1v) is 6.97.